The van der Waals surface area contributed by atoms with E-state index in [1.807, 2.05) is 13.2 Å². The highest BCUT2D eigenvalue weighted by molar-refractivity contribution is 5.92. The van der Waals surface area contributed by atoms with Crippen molar-refractivity contribution in [3.63, 3.8) is 0 Å². The molecule has 1 saturated heterocycles. The van der Waals surface area contributed by atoms with Gasteiger partial charge in [0, 0.05) is 43.1 Å². The number of rotatable bonds is 7. The van der Waals surface area contributed by atoms with Crippen LogP contribution in [0, 0.1) is 0 Å². The first-order valence-electron chi connectivity index (χ1n) is 12.1. The number of aromatic nitrogens is 3. The van der Waals surface area contributed by atoms with Crippen LogP contribution in [-0.2, 0) is 0 Å². The highest BCUT2D eigenvalue weighted by Crippen LogP contribution is 2.38. The standard InChI is InChI=1S/C24H38N6O/c1-4-5-16(2)28-24-27-15-21-22(29-24)20(17-6-8-19(31)9-7-17)14-26-23(21)30-12-10-18(25-3)11-13-30/h14-19,25,31H,4-13H2,1-3H3,(H,27,28,29). The number of anilines is 2. The minimum atomic E-state index is -0.162. The van der Waals surface area contributed by atoms with Gasteiger partial charge in [0.1, 0.15) is 5.82 Å². The van der Waals surface area contributed by atoms with E-state index in [1.54, 1.807) is 0 Å². The molecule has 4 rings (SSSR count). The number of fused-ring (bicyclic) bond motifs is 1. The minimum Gasteiger partial charge on any atom is -0.393 e. The molecule has 1 unspecified atom stereocenters. The van der Waals surface area contributed by atoms with Gasteiger partial charge in [-0.15, -0.1) is 0 Å². The van der Waals surface area contributed by atoms with E-state index in [0.717, 1.165) is 81.2 Å². The first-order chi connectivity index (χ1) is 15.1. The summed E-state index contributed by atoms with van der Waals surface area (Å²) in [5, 5.41) is 17.9. The topological polar surface area (TPSA) is 86.2 Å². The molecular weight excluding hydrogens is 388 g/mol. The van der Waals surface area contributed by atoms with Crippen LogP contribution in [0.1, 0.15) is 76.7 Å². The molecule has 0 amide bonds. The van der Waals surface area contributed by atoms with Gasteiger partial charge in [-0.2, -0.15) is 0 Å². The van der Waals surface area contributed by atoms with Crippen molar-refractivity contribution < 1.29 is 5.11 Å². The van der Waals surface area contributed by atoms with Crippen molar-refractivity contribution in [3.8, 4) is 0 Å². The number of aliphatic hydroxyl groups excluding tert-OH is 1. The van der Waals surface area contributed by atoms with Crippen molar-refractivity contribution >= 4 is 22.7 Å². The van der Waals surface area contributed by atoms with Crippen molar-refractivity contribution in [1.82, 2.24) is 20.3 Å². The van der Waals surface area contributed by atoms with Crippen molar-refractivity contribution in [1.29, 1.82) is 0 Å². The van der Waals surface area contributed by atoms with Gasteiger partial charge in [0.15, 0.2) is 0 Å². The summed E-state index contributed by atoms with van der Waals surface area (Å²) in [6.07, 6.45) is 12.0. The van der Waals surface area contributed by atoms with E-state index in [9.17, 15) is 5.11 Å². The van der Waals surface area contributed by atoms with Crippen LogP contribution in [0.2, 0.25) is 0 Å². The van der Waals surface area contributed by atoms with Crippen LogP contribution in [-0.4, -0.2) is 58.4 Å². The maximum atomic E-state index is 9.97. The quantitative estimate of drug-likeness (QED) is 0.620. The third-order valence-corrected chi connectivity index (χ3v) is 7.07. The second-order valence-electron chi connectivity index (χ2n) is 9.38. The lowest BCUT2D eigenvalue weighted by molar-refractivity contribution is 0.122. The predicted octanol–water partition coefficient (Wildman–Crippen LogP) is 3.83. The third kappa shape index (κ3) is 5.09. The summed E-state index contributed by atoms with van der Waals surface area (Å²) in [7, 11) is 2.05. The zero-order valence-electron chi connectivity index (χ0n) is 19.3. The molecule has 7 nitrogen and oxygen atoms in total. The molecule has 0 spiro atoms. The van der Waals surface area contributed by atoms with Crippen molar-refractivity contribution in [3.05, 3.63) is 18.0 Å². The number of pyridine rings is 1. The van der Waals surface area contributed by atoms with Crippen LogP contribution in [0.3, 0.4) is 0 Å². The summed E-state index contributed by atoms with van der Waals surface area (Å²) >= 11 is 0. The maximum absolute atomic E-state index is 9.97. The number of aliphatic hydroxyl groups is 1. The number of nitrogens with one attached hydrogen (secondary N) is 2. The van der Waals surface area contributed by atoms with Gasteiger partial charge in [-0.25, -0.2) is 15.0 Å². The Labute approximate surface area is 186 Å². The van der Waals surface area contributed by atoms with E-state index in [1.165, 1.54) is 5.56 Å². The van der Waals surface area contributed by atoms with Crippen molar-refractivity contribution in [2.24, 2.45) is 0 Å². The zero-order chi connectivity index (χ0) is 21.8. The Bertz CT molecular complexity index is 859. The molecule has 1 atom stereocenters. The fraction of sp³-hybridized carbons (Fsp3) is 0.708. The Morgan fingerprint density at radius 3 is 2.52 bits per heavy atom. The van der Waals surface area contributed by atoms with Gasteiger partial charge in [0.2, 0.25) is 5.95 Å². The second-order valence-corrected chi connectivity index (χ2v) is 9.38. The Morgan fingerprint density at radius 2 is 1.84 bits per heavy atom. The Morgan fingerprint density at radius 1 is 1.10 bits per heavy atom. The lowest BCUT2D eigenvalue weighted by Crippen LogP contribution is -2.41. The average Bonchev–Trinajstić information content (AvgIpc) is 2.79. The van der Waals surface area contributed by atoms with E-state index in [2.05, 4.69) is 40.6 Å². The zero-order valence-corrected chi connectivity index (χ0v) is 19.3. The summed E-state index contributed by atoms with van der Waals surface area (Å²) in [6.45, 7) is 6.38. The summed E-state index contributed by atoms with van der Waals surface area (Å²) in [5.74, 6) is 2.12. The number of hydrogen-bond donors (Lipinski definition) is 3. The number of hydrogen-bond acceptors (Lipinski definition) is 7. The Kier molecular flexibility index (Phi) is 7.23. The van der Waals surface area contributed by atoms with Gasteiger partial charge < -0.3 is 20.6 Å². The lowest BCUT2D eigenvalue weighted by atomic mass is 9.82. The molecule has 1 aliphatic heterocycles. The van der Waals surface area contributed by atoms with Crippen LogP contribution in [0.4, 0.5) is 11.8 Å². The monoisotopic (exact) mass is 426 g/mol. The van der Waals surface area contributed by atoms with E-state index >= 15 is 0 Å². The van der Waals surface area contributed by atoms with Gasteiger partial charge in [-0.1, -0.05) is 13.3 Å². The van der Waals surface area contributed by atoms with Gasteiger partial charge in [0.25, 0.3) is 0 Å². The van der Waals surface area contributed by atoms with Crippen LogP contribution in [0.15, 0.2) is 12.4 Å². The van der Waals surface area contributed by atoms with Crippen LogP contribution in [0.5, 0.6) is 0 Å². The summed E-state index contributed by atoms with van der Waals surface area (Å²) in [6, 6.07) is 0.931. The molecule has 2 aromatic heterocycles. The minimum absolute atomic E-state index is 0.162. The summed E-state index contributed by atoms with van der Waals surface area (Å²) in [5.41, 5.74) is 2.24. The average molecular weight is 427 g/mol. The first kappa shape index (κ1) is 22.2. The molecule has 3 heterocycles. The van der Waals surface area contributed by atoms with Crippen molar-refractivity contribution in [2.45, 2.75) is 89.3 Å². The molecule has 0 aromatic carbocycles. The molecule has 7 heteroatoms. The summed E-state index contributed by atoms with van der Waals surface area (Å²) < 4.78 is 0. The molecule has 3 N–H and O–H groups in total. The van der Waals surface area contributed by atoms with Gasteiger partial charge >= 0.3 is 0 Å². The van der Waals surface area contributed by atoms with E-state index in [-0.39, 0.29) is 6.10 Å². The second kappa shape index (κ2) is 10.1. The summed E-state index contributed by atoms with van der Waals surface area (Å²) in [4.78, 5) is 17.0. The molecule has 0 radical (unpaired) electrons. The SMILES string of the molecule is CCCC(C)Nc1ncc2c(N3CCC(NC)CC3)ncc(C3CCC(O)CC3)c2n1. The van der Waals surface area contributed by atoms with E-state index in [0.29, 0.717) is 23.9 Å². The normalized spacial score (nSPS) is 23.8. The van der Waals surface area contributed by atoms with Crippen LogP contribution in [0.25, 0.3) is 10.9 Å². The van der Waals surface area contributed by atoms with Crippen LogP contribution < -0.4 is 15.5 Å². The predicted molar refractivity (Wildman–Crippen MR) is 127 cm³/mol. The molecule has 2 aliphatic rings. The first-order valence-corrected chi connectivity index (χ1v) is 12.1. The number of piperidine rings is 1. The largest absolute Gasteiger partial charge is 0.393 e. The fourth-order valence-electron chi connectivity index (χ4n) is 5.14. The number of nitrogens with zero attached hydrogens (tertiary/aromatic N) is 4. The molecule has 31 heavy (non-hydrogen) atoms. The van der Waals surface area contributed by atoms with E-state index in [4.69, 9.17) is 9.97 Å². The molecule has 2 aromatic rings. The Balaban J connectivity index is 1.68. The Hall–Kier alpha value is -1.99. The lowest BCUT2D eigenvalue weighted by Gasteiger charge is -2.33. The molecular formula is C24H38N6O. The molecule has 1 saturated carbocycles. The molecule has 0 bridgehead atoms. The van der Waals surface area contributed by atoms with E-state index < -0.39 is 0 Å². The highest BCUT2D eigenvalue weighted by atomic mass is 16.3. The third-order valence-electron chi connectivity index (χ3n) is 7.07. The smallest absolute Gasteiger partial charge is 0.223 e. The maximum Gasteiger partial charge on any atom is 0.223 e. The fourth-order valence-corrected chi connectivity index (χ4v) is 5.14. The van der Waals surface area contributed by atoms with Gasteiger partial charge in [-0.05, 0) is 64.8 Å². The van der Waals surface area contributed by atoms with Gasteiger partial charge in [0.05, 0.1) is 17.0 Å². The van der Waals surface area contributed by atoms with Gasteiger partial charge in [-0.3, -0.25) is 0 Å². The molecule has 2 fully saturated rings. The van der Waals surface area contributed by atoms with Crippen molar-refractivity contribution in [2.75, 3.05) is 30.4 Å². The van der Waals surface area contributed by atoms with Crippen LogP contribution >= 0.6 is 0 Å². The molecule has 1 aliphatic carbocycles. The molecule has 170 valence electrons. The highest BCUT2D eigenvalue weighted by Gasteiger charge is 2.26.